The van der Waals surface area contributed by atoms with Crippen LogP contribution >= 0.6 is 0 Å². The van der Waals surface area contributed by atoms with E-state index in [4.69, 9.17) is 0 Å². The summed E-state index contributed by atoms with van der Waals surface area (Å²) in [6, 6.07) is 2.97. The van der Waals surface area contributed by atoms with E-state index in [2.05, 4.69) is 10.1 Å². The van der Waals surface area contributed by atoms with E-state index >= 15 is 0 Å². The lowest BCUT2D eigenvalue weighted by Crippen LogP contribution is -2.42. The Morgan fingerprint density at radius 1 is 1.35 bits per heavy atom. The summed E-state index contributed by atoms with van der Waals surface area (Å²) in [5, 5.41) is 3.52. The number of methoxy groups -OCH3 is 1. The van der Waals surface area contributed by atoms with Crippen molar-refractivity contribution in [1.82, 2.24) is 14.2 Å². The summed E-state index contributed by atoms with van der Waals surface area (Å²) in [5.74, 6) is -0.539. The first-order valence-electron chi connectivity index (χ1n) is 7.85. The molecule has 3 heterocycles. The van der Waals surface area contributed by atoms with Gasteiger partial charge in [0.1, 0.15) is 5.69 Å². The molecule has 2 aliphatic heterocycles. The Labute approximate surface area is 136 Å². The van der Waals surface area contributed by atoms with E-state index in [-0.39, 0.29) is 16.1 Å². The molecule has 1 aromatic rings. The first kappa shape index (κ1) is 16.5. The highest BCUT2D eigenvalue weighted by Gasteiger charge is 2.44. The fourth-order valence-electron chi connectivity index (χ4n) is 3.67. The summed E-state index contributed by atoms with van der Waals surface area (Å²) in [6.45, 7) is 2.96. The maximum atomic E-state index is 12.9. The Morgan fingerprint density at radius 3 is 2.78 bits per heavy atom. The molecule has 2 fully saturated rings. The highest BCUT2D eigenvalue weighted by atomic mass is 32.2. The van der Waals surface area contributed by atoms with Gasteiger partial charge in [0, 0.05) is 26.7 Å². The maximum absolute atomic E-state index is 12.9. The zero-order valence-corrected chi connectivity index (χ0v) is 14.4. The van der Waals surface area contributed by atoms with Crippen molar-refractivity contribution in [2.75, 3.05) is 33.3 Å². The maximum Gasteiger partial charge on any atom is 0.354 e. The molecule has 23 heavy (non-hydrogen) atoms. The summed E-state index contributed by atoms with van der Waals surface area (Å²) in [7, 11) is -0.747. The fraction of sp³-hybridized carbons (Fsp3) is 0.667. The molecule has 0 amide bonds. The largest absolute Gasteiger partial charge is 0.464 e. The van der Waals surface area contributed by atoms with Gasteiger partial charge in [-0.2, -0.15) is 4.31 Å². The molecule has 1 N–H and O–H groups in total. The average Bonchev–Trinajstić information content (AvgIpc) is 3.12. The van der Waals surface area contributed by atoms with Crippen LogP contribution in [0.2, 0.25) is 0 Å². The second-order valence-corrected chi connectivity index (χ2v) is 8.36. The van der Waals surface area contributed by atoms with Crippen molar-refractivity contribution < 1.29 is 17.9 Å². The van der Waals surface area contributed by atoms with Crippen LogP contribution in [0.3, 0.4) is 0 Å². The smallest absolute Gasteiger partial charge is 0.354 e. The van der Waals surface area contributed by atoms with Crippen molar-refractivity contribution in [2.24, 2.45) is 12.5 Å². The Balaban J connectivity index is 1.85. The highest BCUT2D eigenvalue weighted by molar-refractivity contribution is 7.89. The van der Waals surface area contributed by atoms with Crippen LogP contribution < -0.4 is 5.32 Å². The number of carbonyl (C=O) groups is 1. The number of carbonyl (C=O) groups excluding carboxylic acids is 1. The number of sulfonamides is 1. The third kappa shape index (κ3) is 2.79. The van der Waals surface area contributed by atoms with Gasteiger partial charge in [-0.05, 0) is 43.4 Å². The summed E-state index contributed by atoms with van der Waals surface area (Å²) in [4.78, 5) is 11.7. The minimum Gasteiger partial charge on any atom is -0.464 e. The van der Waals surface area contributed by atoms with Crippen LogP contribution in [-0.2, 0) is 21.8 Å². The third-order valence-corrected chi connectivity index (χ3v) is 6.97. The van der Waals surface area contributed by atoms with E-state index in [9.17, 15) is 13.2 Å². The minimum atomic E-state index is -3.60. The lowest BCUT2D eigenvalue weighted by Gasteiger charge is -2.33. The molecule has 0 aromatic carbocycles. The molecule has 7 nitrogen and oxygen atoms in total. The number of hydrogen-bond acceptors (Lipinski definition) is 5. The quantitative estimate of drug-likeness (QED) is 0.813. The van der Waals surface area contributed by atoms with Crippen LogP contribution in [-0.4, -0.2) is 56.5 Å². The molecule has 2 saturated heterocycles. The Bertz CT molecular complexity index is 704. The van der Waals surface area contributed by atoms with Gasteiger partial charge in [0.25, 0.3) is 10.0 Å². The molecule has 3 rings (SSSR count). The van der Waals surface area contributed by atoms with Gasteiger partial charge in [-0.25, -0.2) is 13.2 Å². The van der Waals surface area contributed by atoms with Crippen LogP contribution in [0.4, 0.5) is 0 Å². The van der Waals surface area contributed by atoms with Crippen LogP contribution in [0.5, 0.6) is 0 Å². The van der Waals surface area contributed by atoms with Gasteiger partial charge in [0.15, 0.2) is 5.03 Å². The van der Waals surface area contributed by atoms with Gasteiger partial charge in [0.05, 0.1) is 7.11 Å². The van der Waals surface area contributed by atoms with Crippen LogP contribution in [0.15, 0.2) is 17.2 Å². The van der Waals surface area contributed by atoms with Crippen molar-refractivity contribution >= 4 is 16.0 Å². The zero-order valence-electron chi connectivity index (χ0n) is 13.5. The van der Waals surface area contributed by atoms with E-state index in [0.29, 0.717) is 13.1 Å². The number of hydrogen-bond donors (Lipinski definition) is 1. The summed E-state index contributed by atoms with van der Waals surface area (Å²) in [6.07, 6.45) is 3.03. The van der Waals surface area contributed by atoms with E-state index in [1.807, 2.05) is 0 Å². The lowest BCUT2D eigenvalue weighted by atomic mass is 9.80. The Hall–Kier alpha value is -1.38. The Kier molecular flexibility index (Phi) is 4.24. The molecule has 128 valence electrons. The summed E-state index contributed by atoms with van der Waals surface area (Å²) >= 11 is 0. The second kappa shape index (κ2) is 5.92. The van der Waals surface area contributed by atoms with Gasteiger partial charge in [0.2, 0.25) is 0 Å². The van der Waals surface area contributed by atoms with E-state index < -0.39 is 16.0 Å². The van der Waals surface area contributed by atoms with Gasteiger partial charge in [-0.1, -0.05) is 0 Å². The molecule has 1 atom stereocenters. The number of esters is 1. The summed E-state index contributed by atoms with van der Waals surface area (Å²) < 4.78 is 33.5. The molecule has 1 spiro atoms. The normalized spacial score (nSPS) is 25.8. The number of piperidine rings is 1. The molecule has 0 radical (unpaired) electrons. The van der Waals surface area contributed by atoms with Crippen LogP contribution in [0.1, 0.15) is 29.8 Å². The first-order chi connectivity index (χ1) is 10.9. The monoisotopic (exact) mass is 341 g/mol. The molecule has 2 aliphatic rings. The lowest BCUT2D eigenvalue weighted by molar-refractivity contribution is 0.0589. The molecular weight excluding hydrogens is 318 g/mol. The number of aromatic nitrogens is 1. The molecule has 0 aliphatic carbocycles. The average molecular weight is 341 g/mol. The van der Waals surface area contributed by atoms with Crippen molar-refractivity contribution in [2.45, 2.75) is 24.3 Å². The van der Waals surface area contributed by atoms with Crippen molar-refractivity contribution in [3.8, 4) is 0 Å². The SMILES string of the molecule is COC(=O)c1ccc(S(=O)(=O)N2CC[C@@]3(CCCNC3)C2)n1C. The topological polar surface area (TPSA) is 80.6 Å². The van der Waals surface area contributed by atoms with Gasteiger partial charge in [-0.15, -0.1) is 0 Å². The molecule has 0 unspecified atom stereocenters. The fourth-order valence-corrected chi connectivity index (χ4v) is 5.40. The van der Waals surface area contributed by atoms with Crippen molar-refractivity contribution in [1.29, 1.82) is 0 Å². The van der Waals surface area contributed by atoms with Gasteiger partial charge >= 0.3 is 5.97 Å². The highest BCUT2D eigenvalue weighted by Crippen LogP contribution is 2.38. The first-order valence-corrected chi connectivity index (χ1v) is 9.29. The van der Waals surface area contributed by atoms with Crippen LogP contribution in [0, 0.1) is 5.41 Å². The Morgan fingerprint density at radius 2 is 2.13 bits per heavy atom. The van der Waals surface area contributed by atoms with Crippen molar-refractivity contribution in [3.05, 3.63) is 17.8 Å². The third-order valence-electron chi connectivity index (χ3n) is 5.04. The van der Waals surface area contributed by atoms with E-state index in [0.717, 1.165) is 32.4 Å². The molecule has 1 aromatic heterocycles. The van der Waals surface area contributed by atoms with Crippen molar-refractivity contribution in [3.63, 3.8) is 0 Å². The van der Waals surface area contributed by atoms with Gasteiger partial charge < -0.3 is 14.6 Å². The number of nitrogens with zero attached hydrogens (tertiary/aromatic N) is 2. The number of ether oxygens (including phenoxy) is 1. The molecule has 8 heteroatoms. The van der Waals surface area contributed by atoms with Crippen LogP contribution in [0.25, 0.3) is 0 Å². The predicted molar refractivity (Wildman–Crippen MR) is 84.7 cm³/mol. The molecule has 0 bridgehead atoms. The standard InChI is InChI=1S/C15H23N3O4S/c1-17-12(14(19)22-2)4-5-13(17)23(20,21)18-9-7-15(11-18)6-3-8-16-10-15/h4-5,16H,3,6-11H2,1-2H3/t15-/m1/s1. The minimum absolute atomic E-state index is 0.0572. The number of rotatable bonds is 3. The van der Waals surface area contributed by atoms with E-state index in [1.54, 1.807) is 11.4 Å². The number of nitrogens with one attached hydrogen (secondary N) is 1. The zero-order chi connectivity index (χ0) is 16.7. The predicted octanol–water partition coefficient (Wildman–Crippen LogP) is 0.576. The van der Waals surface area contributed by atoms with E-state index in [1.165, 1.54) is 23.8 Å². The second-order valence-electron chi connectivity index (χ2n) is 6.48. The molecule has 0 saturated carbocycles. The van der Waals surface area contributed by atoms with Gasteiger partial charge in [-0.3, -0.25) is 0 Å². The summed E-state index contributed by atoms with van der Waals surface area (Å²) in [5.41, 5.74) is 0.293. The molecular formula is C15H23N3O4S.